The van der Waals surface area contributed by atoms with Crippen molar-refractivity contribution >= 4 is 17.5 Å². The van der Waals surface area contributed by atoms with Crippen LogP contribution in [0.4, 0.5) is 5.69 Å². The van der Waals surface area contributed by atoms with Gasteiger partial charge >= 0.3 is 0 Å². The van der Waals surface area contributed by atoms with Gasteiger partial charge in [0.15, 0.2) is 0 Å². The monoisotopic (exact) mass is 289 g/mol. The fraction of sp³-hybridized carbons (Fsp3) is 0.500. The zero-order valence-corrected chi connectivity index (χ0v) is 12.5. The molecule has 0 bridgehead atoms. The standard InChI is InChI=1S/C16H23N3O2/c1-2-12-6-3-4-8-14(12)18-15(20)11-19-9-5-7-13(10-19)16(17)21/h3-4,6,8,13H,2,5,7,9-11H2,1H3,(H2,17,21)(H,18,20). The number of likely N-dealkylation sites (tertiary alicyclic amines) is 1. The number of nitrogens with zero attached hydrogens (tertiary/aromatic N) is 1. The zero-order valence-electron chi connectivity index (χ0n) is 12.5. The minimum absolute atomic E-state index is 0.0407. The Morgan fingerprint density at radius 1 is 1.38 bits per heavy atom. The predicted octanol–water partition coefficient (Wildman–Crippen LogP) is 1.38. The summed E-state index contributed by atoms with van der Waals surface area (Å²) in [6.07, 6.45) is 2.61. The van der Waals surface area contributed by atoms with Crippen molar-refractivity contribution in [2.75, 3.05) is 25.0 Å². The quantitative estimate of drug-likeness (QED) is 0.860. The van der Waals surface area contributed by atoms with Crippen molar-refractivity contribution in [3.8, 4) is 0 Å². The Balaban J connectivity index is 1.91. The summed E-state index contributed by atoms with van der Waals surface area (Å²) in [7, 11) is 0. The van der Waals surface area contributed by atoms with Gasteiger partial charge in [-0.3, -0.25) is 14.5 Å². The van der Waals surface area contributed by atoms with Gasteiger partial charge in [-0.05, 0) is 37.4 Å². The van der Waals surface area contributed by atoms with E-state index in [2.05, 4.69) is 12.2 Å². The first kappa shape index (κ1) is 15.5. The number of benzene rings is 1. The number of primary amides is 1. The summed E-state index contributed by atoms with van der Waals surface area (Å²) in [5.74, 6) is -0.438. The van der Waals surface area contributed by atoms with E-state index in [4.69, 9.17) is 5.73 Å². The molecule has 1 heterocycles. The number of aryl methyl sites for hydroxylation is 1. The van der Waals surface area contributed by atoms with E-state index >= 15 is 0 Å². The second-order valence-electron chi connectivity index (χ2n) is 5.54. The van der Waals surface area contributed by atoms with Crippen LogP contribution in [0, 0.1) is 5.92 Å². The number of carbonyl (C=O) groups excluding carboxylic acids is 2. The number of nitrogens with one attached hydrogen (secondary N) is 1. The van der Waals surface area contributed by atoms with Crippen molar-refractivity contribution in [2.24, 2.45) is 11.7 Å². The maximum absolute atomic E-state index is 12.2. The van der Waals surface area contributed by atoms with Gasteiger partial charge in [-0.1, -0.05) is 25.1 Å². The molecule has 114 valence electrons. The molecule has 5 heteroatoms. The van der Waals surface area contributed by atoms with Crippen molar-refractivity contribution < 1.29 is 9.59 Å². The Kier molecular flexibility index (Phi) is 5.33. The SMILES string of the molecule is CCc1ccccc1NC(=O)CN1CCCC(C(N)=O)C1. The highest BCUT2D eigenvalue weighted by Crippen LogP contribution is 2.17. The van der Waals surface area contributed by atoms with Crippen molar-refractivity contribution in [1.29, 1.82) is 0 Å². The van der Waals surface area contributed by atoms with Crippen LogP contribution < -0.4 is 11.1 Å². The van der Waals surface area contributed by atoms with E-state index in [1.54, 1.807) is 0 Å². The van der Waals surface area contributed by atoms with Gasteiger partial charge in [0.25, 0.3) is 0 Å². The van der Waals surface area contributed by atoms with Crippen LogP contribution in [0.2, 0.25) is 0 Å². The largest absolute Gasteiger partial charge is 0.369 e. The number of anilines is 1. The molecule has 1 unspecified atom stereocenters. The summed E-state index contributed by atoms with van der Waals surface area (Å²) in [5, 5.41) is 2.96. The lowest BCUT2D eigenvalue weighted by Crippen LogP contribution is -2.44. The summed E-state index contributed by atoms with van der Waals surface area (Å²) >= 11 is 0. The van der Waals surface area contributed by atoms with Crippen molar-refractivity contribution in [3.63, 3.8) is 0 Å². The van der Waals surface area contributed by atoms with Crippen LogP contribution in [0.25, 0.3) is 0 Å². The lowest BCUT2D eigenvalue weighted by atomic mass is 9.97. The van der Waals surface area contributed by atoms with E-state index < -0.39 is 0 Å². The summed E-state index contributed by atoms with van der Waals surface area (Å²) in [5.41, 5.74) is 7.35. The van der Waals surface area contributed by atoms with E-state index in [-0.39, 0.29) is 17.7 Å². The molecule has 2 rings (SSSR count). The summed E-state index contributed by atoms with van der Waals surface area (Å²) in [4.78, 5) is 25.4. The molecular formula is C16H23N3O2. The van der Waals surface area contributed by atoms with E-state index in [9.17, 15) is 9.59 Å². The molecule has 1 aromatic carbocycles. The van der Waals surface area contributed by atoms with Gasteiger partial charge < -0.3 is 11.1 Å². The van der Waals surface area contributed by atoms with Gasteiger partial charge in [0.1, 0.15) is 0 Å². The average Bonchev–Trinajstić information content (AvgIpc) is 2.48. The number of nitrogens with two attached hydrogens (primary N) is 1. The summed E-state index contributed by atoms with van der Waals surface area (Å²) < 4.78 is 0. The van der Waals surface area contributed by atoms with Gasteiger partial charge in [0, 0.05) is 12.2 Å². The Labute approximate surface area is 125 Å². The van der Waals surface area contributed by atoms with Gasteiger partial charge in [0.05, 0.1) is 12.5 Å². The van der Waals surface area contributed by atoms with E-state index in [0.717, 1.165) is 37.1 Å². The molecule has 0 aliphatic carbocycles. The van der Waals surface area contributed by atoms with Gasteiger partial charge in [-0.15, -0.1) is 0 Å². The van der Waals surface area contributed by atoms with Crippen LogP contribution in [-0.2, 0) is 16.0 Å². The van der Waals surface area contributed by atoms with Crippen molar-refractivity contribution in [2.45, 2.75) is 26.2 Å². The minimum atomic E-state index is -0.267. The number of amides is 2. The van der Waals surface area contributed by atoms with Crippen LogP contribution >= 0.6 is 0 Å². The summed E-state index contributed by atoms with van der Waals surface area (Å²) in [6.45, 7) is 3.79. The highest BCUT2D eigenvalue weighted by Gasteiger charge is 2.25. The number of rotatable bonds is 5. The molecule has 0 spiro atoms. The molecule has 1 atom stereocenters. The lowest BCUT2D eigenvalue weighted by molar-refractivity contribution is -0.125. The molecule has 1 aliphatic heterocycles. The molecule has 5 nitrogen and oxygen atoms in total. The Morgan fingerprint density at radius 2 is 2.14 bits per heavy atom. The number of hydrogen-bond acceptors (Lipinski definition) is 3. The highest BCUT2D eigenvalue weighted by molar-refractivity contribution is 5.93. The van der Waals surface area contributed by atoms with E-state index in [1.807, 2.05) is 29.2 Å². The molecule has 0 aromatic heterocycles. The molecule has 1 fully saturated rings. The minimum Gasteiger partial charge on any atom is -0.369 e. The topological polar surface area (TPSA) is 75.4 Å². The second kappa shape index (κ2) is 7.22. The van der Waals surface area contributed by atoms with Gasteiger partial charge in [0.2, 0.25) is 11.8 Å². The Morgan fingerprint density at radius 3 is 2.86 bits per heavy atom. The predicted molar refractivity (Wildman–Crippen MR) is 82.8 cm³/mol. The van der Waals surface area contributed by atoms with Crippen LogP contribution in [-0.4, -0.2) is 36.3 Å². The van der Waals surface area contributed by atoms with Gasteiger partial charge in [-0.25, -0.2) is 0 Å². The molecule has 21 heavy (non-hydrogen) atoms. The second-order valence-corrected chi connectivity index (χ2v) is 5.54. The Hall–Kier alpha value is -1.88. The van der Waals surface area contributed by atoms with E-state index in [0.29, 0.717) is 13.1 Å². The molecule has 1 saturated heterocycles. The van der Waals surface area contributed by atoms with E-state index in [1.165, 1.54) is 0 Å². The molecular weight excluding hydrogens is 266 g/mol. The molecule has 3 N–H and O–H groups in total. The Bertz CT molecular complexity index is 516. The molecule has 1 aromatic rings. The smallest absolute Gasteiger partial charge is 0.238 e. The normalized spacial score (nSPS) is 19.2. The van der Waals surface area contributed by atoms with Crippen molar-refractivity contribution in [3.05, 3.63) is 29.8 Å². The van der Waals surface area contributed by atoms with Crippen LogP contribution in [0.1, 0.15) is 25.3 Å². The zero-order chi connectivity index (χ0) is 15.2. The van der Waals surface area contributed by atoms with Gasteiger partial charge in [-0.2, -0.15) is 0 Å². The molecule has 0 radical (unpaired) electrons. The molecule has 2 amide bonds. The molecule has 1 aliphatic rings. The number of hydrogen-bond donors (Lipinski definition) is 2. The van der Waals surface area contributed by atoms with Crippen LogP contribution in [0.3, 0.4) is 0 Å². The van der Waals surface area contributed by atoms with Crippen molar-refractivity contribution in [1.82, 2.24) is 4.90 Å². The third kappa shape index (κ3) is 4.29. The summed E-state index contributed by atoms with van der Waals surface area (Å²) in [6, 6.07) is 7.81. The maximum atomic E-state index is 12.2. The third-order valence-corrected chi connectivity index (χ3v) is 3.95. The lowest BCUT2D eigenvalue weighted by Gasteiger charge is -2.30. The fourth-order valence-corrected chi connectivity index (χ4v) is 2.77. The molecule has 0 saturated carbocycles. The van der Waals surface area contributed by atoms with Crippen LogP contribution in [0.15, 0.2) is 24.3 Å². The first-order chi connectivity index (χ1) is 10.1. The maximum Gasteiger partial charge on any atom is 0.238 e. The third-order valence-electron chi connectivity index (χ3n) is 3.95. The first-order valence-electron chi connectivity index (χ1n) is 7.49. The average molecular weight is 289 g/mol. The highest BCUT2D eigenvalue weighted by atomic mass is 16.2. The number of piperidine rings is 1. The first-order valence-corrected chi connectivity index (χ1v) is 7.49. The van der Waals surface area contributed by atoms with Crippen LogP contribution in [0.5, 0.6) is 0 Å². The number of para-hydroxylation sites is 1. The fourth-order valence-electron chi connectivity index (χ4n) is 2.77. The number of carbonyl (C=O) groups is 2.